The van der Waals surface area contributed by atoms with E-state index >= 15 is 0 Å². The molecule has 2 rings (SSSR count). The Balaban J connectivity index is 2.51. The normalized spacial score (nSPS) is 9.79. The Bertz CT molecular complexity index is 413. The molecule has 3 N–H and O–H groups in total. The minimum atomic E-state index is 0.792. The van der Waals surface area contributed by atoms with Crippen molar-refractivity contribution in [1.82, 2.24) is 9.97 Å². The van der Waals surface area contributed by atoms with Gasteiger partial charge in [-0.15, -0.1) is 0 Å². The van der Waals surface area contributed by atoms with Crippen molar-refractivity contribution in [2.75, 3.05) is 5.43 Å². The molecule has 0 radical (unpaired) electrons. The lowest BCUT2D eigenvalue weighted by Crippen LogP contribution is -2.08. The molecule has 0 unspecified atom stereocenters. The van der Waals surface area contributed by atoms with Gasteiger partial charge in [0.2, 0.25) is 0 Å². The lowest BCUT2D eigenvalue weighted by molar-refractivity contribution is 1.25. The average molecular weight is 186 g/mol. The van der Waals surface area contributed by atoms with Crippen molar-refractivity contribution >= 4 is 5.69 Å². The maximum absolute atomic E-state index is 5.38. The molecule has 2 aromatic heterocycles. The molecule has 0 aliphatic heterocycles. The van der Waals surface area contributed by atoms with Gasteiger partial charge in [0.1, 0.15) is 0 Å². The molecule has 0 aromatic carbocycles. The highest BCUT2D eigenvalue weighted by atomic mass is 15.2. The first-order chi connectivity index (χ1) is 6.92. The van der Waals surface area contributed by atoms with Gasteiger partial charge in [-0.3, -0.25) is 15.8 Å². The third kappa shape index (κ3) is 1.55. The molecule has 0 aliphatic rings. The maximum atomic E-state index is 5.38. The van der Waals surface area contributed by atoms with Gasteiger partial charge < -0.3 is 5.43 Å². The number of hydrogen-bond acceptors (Lipinski definition) is 4. The van der Waals surface area contributed by atoms with Crippen LogP contribution >= 0.6 is 0 Å². The topological polar surface area (TPSA) is 63.8 Å². The van der Waals surface area contributed by atoms with Crippen molar-refractivity contribution in [3.05, 3.63) is 42.9 Å². The van der Waals surface area contributed by atoms with Crippen molar-refractivity contribution in [3.8, 4) is 11.3 Å². The molecule has 4 heteroatoms. The number of nitrogens with one attached hydrogen (secondary N) is 1. The summed E-state index contributed by atoms with van der Waals surface area (Å²) in [4.78, 5) is 8.27. The van der Waals surface area contributed by atoms with Gasteiger partial charge in [0.15, 0.2) is 0 Å². The maximum Gasteiger partial charge on any atom is 0.0961 e. The number of anilines is 1. The van der Waals surface area contributed by atoms with Gasteiger partial charge >= 0.3 is 0 Å². The monoisotopic (exact) mass is 186 g/mol. The number of hydrogen-bond donors (Lipinski definition) is 2. The van der Waals surface area contributed by atoms with Crippen LogP contribution in [0.3, 0.4) is 0 Å². The molecule has 0 atom stereocenters. The largest absolute Gasteiger partial charge is 0.322 e. The number of rotatable bonds is 2. The molecule has 0 fully saturated rings. The first-order valence-corrected chi connectivity index (χ1v) is 4.24. The van der Waals surface area contributed by atoms with Crippen LogP contribution in [-0.2, 0) is 0 Å². The summed E-state index contributed by atoms with van der Waals surface area (Å²) in [6, 6.07) is 7.50. The highest BCUT2D eigenvalue weighted by molar-refractivity contribution is 5.72. The Kier molecular flexibility index (Phi) is 2.38. The van der Waals surface area contributed by atoms with Crippen molar-refractivity contribution in [3.63, 3.8) is 0 Å². The molecule has 0 bridgehead atoms. The fourth-order valence-electron chi connectivity index (χ4n) is 1.25. The molecule has 2 aromatic rings. The second-order valence-corrected chi connectivity index (χ2v) is 2.79. The van der Waals surface area contributed by atoms with E-state index in [-0.39, 0.29) is 0 Å². The van der Waals surface area contributed by atoms with E-state index in [1.807, 2.05) is 24.3 Å². The number of nitrogen functional groups attached to an aromatic ring is 1. The molecule has 0 saturated heterocycles. The molecular formula is C10H10N4. The Morgan fingerprint density at radius 2 is 2.00 bits per heavy atom. The summed E-state index contributed by atoms with van der Waals surface area (Å²) in [5, 5.41) is 0. The van der Waals surface area contributed by atoms with Crippen molar-refractivity contribution in [2.24, 2.45) is 5.84 Å². The number of hydrazine groups is 1. The third-order valence-electron chi connectivity index (χ3n) is 1.90. The zero-order chi connectivity index (χ0) is 9.80. The van der Waals surface area contributed by atoms with Gasteiger partial charge in [0, 0.05) is 24.2 Å². The predicted octanol–water partition coefficient (Wildman–Crippen LogP) is 1.43. The summed E-state index contributed by atoms with van der Waals surface area (Å²) in [7, 11) is 0. The fourth-order valence-corrected chi connectivity index (χ4v) is 1.25. The van der Waals surface area contributed by atoms with E-state index in [1.54, 1.807) is 18.6 Å². The average Bonchev–Trinajstić information content (AvgIpc) is 2.30. The smallest absolute Gasteiger partial charge is 0.0961 e. The molecular weight excluding hydrogens is 176 g/mol. The van der Waals surface area contributed by atoms with Crippen LogP contribution in [0.4, 0.5) is 5.69 Å². The number of pyridine rings is 2. The zero-order valence-electron chi connectivity index (χ0n) is 7.51. The van der Waals surface area contributed by atoms with Crippen LogP contribution in [0.2, 0.25) is 0 Å². The standard InChI is InChI=1S/C10H10N4/c11-14-9-4-2-6-13-10(9)8-3-1-5-12-7-8/h1-7,14H,11H2. The van der Waals surface area contributed by atoms with Crippen LogP contribution in [0.15, 0.2) is 42.9 Å². The van der Waals surface area contributed by atoms with Crippen LogP contribution in [-0.4, -0.2) is 9.97 Å². The predicted molar refractivity (Wildman–Crippen MR) is 55.3 cm³/mol. The van der Waals surface area contributed by atoms with E-state index in [0.29, 0.717) is 0 Å². The Hall–Kier alpha value is -1.94. The van der Waals surface area contributed by atoms with Crippen LogP contribution in [0, 0.1) is 0 Å². The van der Waals surface area contributed by atoms with E-state index < -0.39 is 0 Å². The Labute approximate surface area is 81.8 Å². The van der Waals surface area contributed by atoms with E-state index in [4.69, 9.17) is 5.84 Å². The summed E-state index contributed by atoms with van der Waals surface area (Å²) in [6.45, 7) is 0. The molecule has 0 aliphatic carbocycles. The SMILES string of the molecule is NNc1cccnc1-c1cccnc1. The van der Waals surface area contributed by atoms with Gasteiger partial charge in [-0.05, 0) is 24.3 Å². The lowest BCUT2D eigenvalue weighted by Gasteiger charge is -2.06. The molecule has 70 valence electrons. The first kappa shape index (κ1) is 8.65. The highest BCUT2D eigenvalue weighted by Gasteiger charge is 2.03. The quantitative estimate of drug-likeness (QED) is 0.550. The van der Waals surface area contributed by atoms with Crippen molar-refractivity contribution in [1.29, 1.82) is 0 Å². The minimum absolute atomic E-state index is 0.792. The Morgan fingerprint density at radius 1 is 1.14 bits per heavy atom. The van der Waals surface area contributed by atoms with Crippen molar-refractivity contribution < 1.29 is 0 Å². The summed E-state index contributed by atoms with van der Waals surface area (Å²) >= 11 is 0. The number of nitrogens with zero attached hydrogens (tertiary/aromatic N) is 2. The van der Waals surface area contributed by atoms with Crippen LogP contribution in [0.25, 0.3) is 11.3 Å². The Morgan fingerprint density at radius 3 is 2.71 bits per heavy atom. The van der Waals surface area contributed by atoms with Gasteiger partial charge in [0.25, 0.3) is 0 Å². The van der Waals surface area contributed by atoms with Gasteiger partial charge in [-0.1, -0.05) is 0 Å². The zero-order valence-corrected chi connectivity index (χ0v) is 7.51. The molecule has 0 amide bonds. The number of aromatic nitrogens is 2. The molecule has 0 saturated carbocycles. The molecule has 2 heterocycles. The van der Waals surface area contributed by atoms with Crippen LogP contribution in [0.1, 0.15) is 0 Å². The van der Waals surface area contributed by atoms with E-state index in [2.05, 4.69) is 15.4 Å². The van der Waals surface area contributed by atoms with E-state index in [1.165, 1.54) is 0 Å². The van der Waals surface area contributed by atoms with E-state index in [0.717, 1.165) is 16.9 Å². The van der Waals surface area contributed by atoms with Crippen LogP contribution in [0.5, 0.6) is 0 Å². The van der Waals surface area contributed by atoms with Gasteiger partial charge in [-0.2, -0.15) is 0 Å². The highest BCUT2D eigenvalue weighted by Crippen LogP contribution is 2.22. The molecule has 0 spiro atoms. The summed E-state index contributed by atoms with van der Waals surface area (Å²) in [5.74, 6) is 5.38. The van der Waals surface area contributed by atoms with Crippen LogP contribution < -0.4 is 11.3 Å². The second kappa shape index (κ2) is 3.85. The summed E-state index contributed by atoms with van der Waals surface area (Å²) in [5.41, 5.74) is 5.15. The fraction of sp³-hybridized carbons (Fsp3) is 0. The van der Waals surface area contributed by atoms with Crippen molar-refractivity contribution in [2.45, 2.75) is 0 Å². The van der Waals surface area contributed by atoms with E-state index in [9.17, 15) is 0 Å². The molecule has 14 heavy (non-hydrogen) atoms. The molecule has 4 nitrogen and oxygen atoms in total. The summed E-state index contributed by atoms with van der Waals surface area (Å²) in [6.07, 6.45) is 5.20. The lowest BCUT2D eigenvalue weighted by atomic mass is 10.1. The third-order valence-corrected chi connectivity index (χ3v) is 1.90. The second-order valence-electron chi connectivity index (χ2n) is 2.79. The first-order valence-electron chi connectivity index (χ1n) is 4.24. The summed E-state index contributed by atoms with van der Waals surface area (Å²) < 4.78 is 0. The van der Waals surface area contributed by atoms with Gasteiger partial charge in [0.05, 0.1) is 11.4 Å². The number of nitrogens with two attached hydrogens (primary N) is 1. The van der Waals surface area contributed by atoms with Gasteiger partial charge in [-0.25, -0.2) is 0 Å². The minimum Gasteiger partial charge on any atom is -0.322 e.